The highest BCUT2D eigenvalue weighted by molar-refractivity contribution is 5.77. The maximum absolute atomic E-state index is 5.38. The van der Waals surface area contributed by atoms with Crippen molar-refractivity contribution in [2.75, 3.05) is 26.3 Å². The minimum absolute atomic E-state index is 0.850. The summed E-state index contributed by atoms with van der Waals surface area (Å²) in [4.78, 5) is 2.44. The quantitative estimate of drug-likeness (QED) is 0.848. The van der Waals surface area contributed by atoms with Gasteiger partial charge in [0.25, 0.3) is 0 Å². The smallest absolute Gasteiger partial charge is 0.0594 e. The van der Waals surface area contributed by atoms with E-state index in [1.165, 1.54) is 16.7 Å². The molecule has 1 heterocycles. The lowest BCUT2D eigenvalue weighted by Crippen LogP contribution is -2.35. The summed E-state index contributed by atoms with van der Waals surface area (Å²) in [5.41, 5.74) is 4.79. The van der Waals surface area contributed by atoms with E-state index in [0.29, 0.717) is 0 Å². The first-order chi connectivity index (χ1) is 10.3. The maximum Gasteiger partial charge on any atom is 0.0594 e. The van der Waals surface area contributed by atoms with Crippen molar-refractivity contribution in [2.45, 2.75) is 6.54 Å². The Morgan fingerprint density at radius 1 is 0.905 bits per heavy atom. The van der Waals surface area contributed by atoms with Crippen LogP contribution in [-0.2, 0) is 11.3 Å². The van der Waals surface area contributed by atoms with Crippen LogP contribution >= 0.6 is 0 Å². The van der Waals surface area contributed by atoms with Gasteiger partial charge in [-0.25, -0.2) is 0 Å². The van der Waals surface area contributed by atoms with Crippen LogP contribution in [0.5, 0.6) is 0 Å². The van der Waals surface area contributed by atoms with Gasteiger partial charge in [0.1, 0.15) is 0 Å². The van der Waals surface area contributed by atoms with Gasteiger partial charge >= 0.3 is 0 Å². The van der Waals surface area contributed by atoms with Gasteiger partial charge in [-0.1, -0.05) is 61.2 Å². The predicted molar refractivity (Wildman–Crippen MR) is 87.1 cm³/mol. The van der Waals surface area contributed by atoms with E-state index in [9.17, 15) is 0 Å². The molecule has 0 N–H and O–H groups in total. The van der Waals surface area contributed by atoms with Gasteiger partial charge in [0.05, 0.1) is 13.2 Å². The monoisotopic (exact) mass is 279 g/mol. The van der Waals surface area contributed by atoms with E-state index in [1.54, 1.807) is 0 Å². The lowest BCUT2D eigenvalue weighted by Gasteiger charge is -2.26. The molecule has 108 valence electrons. The Kier molecular flexibility index (Phi) is 4.49. The molecule has 21 heavy (non-hydrogen) atoms. The van der Waals surface area contributed by atoms with Gasteiger partial charge in [-0.15, -0.1) is 0 Å². The fraction of sp³-hybridized carbons (Fsp3) is 0.263. The van der Waals surface area contributed by atoms with Gasteiger partial charge < -0.3 is 4.74 Å². The molecular formula is C19H21NO. The molecule has 0 saturated carbocycles. The van der Waals surface area contributed by atoms with Gasteiger partial charge in [-0.05, 0) is 22.3 Å². The minimum Gasteiger partial charge on any atom is -0.379 e. The number of rotatable bonds is 4. The number of morpholine rings is 1. The van der Waals surface area contributed by atoms with Gasteiger partial charge in [-0.2, -0.15) is 0 Å². The molecule has 1 aliphatic heterocycles. The second-order valence-corrected chi connectivity index (χ2v) is 5.43. The summed E-state index contributed by atoms with van der Waals surface area (Å²) >= 11 is 0. The summed E-state index contributed by atoms with van der Waals surface area (Å²) in [5, 5.41) is 0. The van der Waals surface area contributed by atoms with Crippen molar-refractivity contribution >= 4 is 5.57 Å². The highest BCUT2D eigenvalue weighted by Gasteiger charge is 2.10. The molecule has 2 aromatic rings. The molecule has 1 saturated heterocycles. The number of benzene rings is 2. The van der Waals surface area contributed by atoms with E-state index in [1.807, 2.05) is 18.2 Å². The molecule has 0 atom stereocenters. The van der Waals surface area contributed by atoms with Crippen LogP contribution in [0.1, 0.15) is 16.7 Å². The van der Waals surface area contributed by atoms with Crippen molar-refractivity contribution in [1.29, 1.82) is 0 Å². The van der Waals surface area contributed by atoms with E-state index >= 15 is 0 Å². The average molecular weight is 279 g/mol. The lowest BCUT2D eigenvalue weighted by atomic mass is 9.98. The van der Waals surface area contributed by atoms with Crippen molar-refractivity contribution in [2.24, 2.45) is 0 Å². The summed E-state index contributed by atoms with van der Waals surface area (Å²) in [5.74, 6) is 0. The summed E-state index contributed by atoms with van der Waals surface area (Å²) in [6.45, 7) is 8.97. The molecule has 2 heteroatoms. The molecule has 0 amide bonds. The summed E-state index contributed by atoms with van der Waals surface area (Å²) < 4.78 is 5.38. The molecule has 0 aliphatic carbocycles. The minimum atomic E-state index is 0.850. The third-order valence-corrected chi connectivity index (χ3v) is 3.93. The fourth-order valence-electron chi connectivity index (χ4n) is 2.63. The zero-order valence-electron chi connectivity index (χ0n) is 12.3. The zero-order valence-corrected chi connectivity index (χ0v) is 12.3. The van der Waals surface area contributed by atoms with Crippen molar-refractivity contribution in [3.05, 3.63) is 77.9 Å². The molecule has 2 nitrogen and oxygen atoms in total. The van der Waals surface area contributed by atoms with E-state index < -0.39 is 0 Å². The Balaban J connectivity index is 1.67. The second-order valence-electron chi connectivity index (χ2n) is 5.43. The summed E-state index contributed by atoms with van der Waals surface area (Å²) in [7, 11) is 0. The maximum atomic E-state index is 5.38. The average Bonchev–Trinajstić information content (AvgIpc) is 2.57. The molecule has 0 radical (unpaired) electrons. The van der Waals surface area contributed by atoms with Crippen LogP contribution in [0.15, 0.2) is 61.2 Å². The fourth-order valence-corrected chi connectivity index (χ4v) is 2.63. The molecule has 0 spiro atoms. The largest absolute Gasteiger partial charge is 0.379 e. The highest BCUT2D eigenvalue weighted by Crippen LogP contribution is 2.22. The zero-order chi connectivity index (χ0) is 14.5. The molecule has 1 aliphatic rings. The van der Waals surface area contributed by atoms with E-state index in [2.05, 4.69) is 47.9 Å². The summed E-state index contributed by atoms with van der Waals surface area (Å²) in [6.07, 6.45) is 0. The molecule has 0 aromatic heterocycles. The van der Waals surface area contributed by atoms with E-state index in [-0.39, 0.29) is 0 Å². The number of hydrogen-bond donors (Lipinski definition) is 0. The first-order valence-corrected chi connectivity index (χ1v) is 7.47. The van der Waals surface area contributed by atoms with Crippen LogP contribution in [0.3, 0.4) is 0 Å². The van der Waals surface area contributed by atoms with Gasteiger partial charge in [0.2, 0.25) is 0 Å². The topological polar surface area (TPSA) is 12.5 Å². The Hall–Kier alpha value is -1.90. The van der Waals surface area contributed by atoms with Crippen molar-refractivity contribution < 1.29 is 4.74 Å². The number of ether oxygens (including phenoxy) is 1. The highest BCUT2D eigenvalue weighted by atomic mass is 16.5. The molecule has 0 bridgehead atoms. The molecule has 3 rings (SSSR count). The second kappa shape index (κ2) is 6.70. The Labute approximate surface area is 126 Å². The van der Waals surface area contributed by atoms with Gasteiger partial charge in [-0.3, -0.25) is 4.90 Å². The molecule has 2 aromatic carbocycles. The van der Waals surface area contributed by atoms with Crippen LogP contribution in [0.2, 0.25) is 0 Å². The Morgan fingerprint density at radius 2 is 1.52 bits per heavy atom. The normalized spacial score (nSPS) is 15.8. The summed E-state index contributed by atoms with van der Waals surface area (Å²) in [6, 6.07) is 19.1. The number of hydrogen-bond acceptors (Lipinski definition) is 2. The van der Waals surface area contributed by atoms with E-state index in [4.69, 9.17) is 4.74 Å². The molecular weight excluding hydrogens is 258 g/mol. The Morgan fingerprint density at radius 3 is 2.19 bits per heavy atom. The van der Waals surface area contributed by atoms with Crippen LogP contribution in [0, 0.1) is 0 Å². The van der Waals surface area contributed by atoms with Crippen LogP contribution < -0.4 is 0 Å². The Bertz CT molecular complexity index is 583. The third-order valence-electron chi connectivity index (χ3n) is 3.93. The molecule has 0 unspecified atom stereocenters. The molecule has 1 fully saturated rings. The van der Waals surface area contributed by atoms with Crippen LogP contribution in [0.25, 0.3) is 5.57 Å². The lowest BCUT2D eigenvalue weighted by molar-refractivity contribution is 0.0342. The van der Waals surface area contributed by atoms with Gasteiger partial charge in [0.15, 0.2) is 0 Å². The van der Waals surface area contributed by atoms with Crippen LogP contribution in [0.4, 0.5) is 0 Å². The van der Waals surface area contributed by atoms with Crippen LogP contribution in [-0.4, -0.2) is 31.2 Å². The number of nitrogens with zero attached hydrogens (tertiary/aromatic N) is 1. The van der Waals surface area contributed by atoms with Crippen molar-refractivity contribution in [3.63, 3.8) is 0 Å². The van der Waals surface area contributed by atoms with E-state index in [0.717, 1.165) is 38.4 Å². The first kappa shape index (κ1) is 14.1. The SMILES string of the molecule is C=C(c1ccccc1)c1ccc(CN2CCOCC2)cc1. The first-order valence-electron chi connectivity index (χ1n) is 7.47. The standard InChI is InChI=1S/C19H21NO/c1-16(18-5-3-2-4-6-18)19-9-7-17(8-10-19)15-20-11-13-21-14-12-20/h2-10H,1,11-15H2. The van der Waals surface area contributed by atoms with Gasteiger partial charge in [0, 0.05) is 19.6 Å². The predicted octanol–water partition coefficient (Wildman–Crippen LogP) is 3.58. The third kappa shape index (κ3) is 3.60. The van der Waals surface area contributed by atoms with Crippen molar-refractivity contribution in [1.82, 2.24) is 4.90 Å². The van der Waals surface area contributed by atoms with Crippen molar-refractivity contribution in [3.8, 4) is 0 Å².